The molecule has 0 bridgehead atoms. The molecule has 0 aromatic heterocycles. The standard InChI is InChI=1S/C13H22N2O3/c14-10-4-1-3-9(7-10)12(18)15-13(5-2-6-13)8-11(16)17/h9-10H,1-8,14H2,(H,15,18)(H,16,17). The van der Waals surface area contributed by atoms with E-state index in [-0.39, 0.29) is 24.3 Å². The molecule has 2 atom stereocenters. The third-order valence-corrected chi connectivity index (χ3v) is 4.27. The lowest BCUT2D eigenvalue weighted by molar-refractivity contribution is -0.141. The van der Waals surface area contributed by atoms with Crippen molar-refractivity contribution in [2.24, 2.45) is 11.7 Å². The van der Waals surface area contributed by atoms with Gasteiger partial charge in [-0.15, -0.1) is 0 Å². The molecule has 0 heterocycles. The molecule has 2 rings (SSSR count). The predicted molar refractivity (Wildman–Crippen MR) is 66.9 cm³/mol. The van der Waals surface area contributed by atoms with Crippen LogP contribution in [0.3, 0.4) is 0 Å². The maximum absolute atomic E-state index is 12.2. The molecule has 0 radical (unpaired) electrons. The molecule has 0 saturated heterocycles. The highest BCUT2D eigenvalue weighted by Crippen LogP contribution is 2.36. The van der Waals surface area contributed by atoms with Crippen LogP contribution >= 0.6 is 0 Å². The maximum Gasteiger partial charge on any atom is 0.305 e. The molecule has 102 valence electrons. The Hall–Kier alpha value is -1.10. The van der Waals surface area contributed by atoms with Crippen LogP contribution in [-0.4, -0.2) is 28.6 Å². The first-order chi connectivity index (χ1) is 8.51. The SMILES string of the molecule is NC1CCCC(C(=O)NC2(CC(=O)O)CCC2)C1. The Bertz CT molecular complexity index is 339. The van der Waals surface area contributed by atoms with E-state index in [1.165, 1.54) is 0 Å². The summed E-state index contributed by atoms with van der Waals surface area (Å²) in [5.41, 5.74) is 5.40. The Morgan fingerprint density at radius 1 is 1.28 bits per heavy atom. The van der Waals surface area contributed by atoms with Gasteiger partial charge in [0.05, 0.1) is 12.0 Å². The Morgan fingerprint density at radius 2 is 2.00 bits per heavy atom. The quantitative estimate of drug-likeness (QED) is 0.698. The van der Waals surface area contributed by atoms with E-state index in [2.05, 4.69) is 5.32 Å². The largest absolute Gasteiger partial charge is 0.481 e. The van der Waals surface area contributed by atoms with Gasteiger partial charge in [0, 0.05) is 12.0 Å². The van der Waals surface area contributed by atoms with Crippen LogP contribution in [0.15, 0.2) is 0 Å². The number of carboxylic acid groups (broad SMARTS) is 1. The van der Waals surface area contributed by atoms with Gasteiger partial charge in [0.25, 0.3) is 0 Å². The number of carbonyl (C=O) groups is 2. The summed E-state index contributed by atoms with van der Waals surface area (Å²) in [4.78, 5) is 23.0. The van der Waals surface area contributed by atoms with Crippen LogP contribution in [0.25, 0.3) is 0 Å². The summed E-state index contributed by atoms with van der Waals surface area (Å²) in [5, 5.41) is 11.9. The fraction of sp³-hybridized carbons (Fsp3) is 0.846. The average Bonchev–Trinajstić information content (AvgIpc) is 2.25. The molecule has 2 aliphatic rings. The van der Waals surface area contributed by atoms with Gasteiger partial charge in [-0.05, 0) is 38.5 Å². The first-order valence-electron chi connectivity index (χ1n) is 6.80. The molecule has 0 aliphatic heterocycles. The Labute approximate surface area is 107 Å². The molecule has 5 nitrogen and oxygen atoms in total. The molecule has 0 spiro atoms. The van der Waals surface area contributed by atoms with Crippen molar-refractivity contribution in [1.82, 2.24) is 5.32 Å². The minimum atomic E-state index is -0.838. The highest BCUT2D eigenvalue weighted by atomic mass is 16.4. The van der Waals surface area contributed by atoms with E-state index in [0.29, 0.717) is 0 Å². The molecular formula is C13H22N2O3. The fourth-order valence-electron chi connectivity index (χ4n) is 3.07. The van der Waals surface area contributed by atoms with E-state index in [1.54, 1.807) is 0 Å². The van der Waals surface area contributed by atoms with Crippen molar-refractivity contribution in [2.75, 3.05) is 0 Å². The maximum atomic E-state index is 12.2. The van der Waals surface area contributed by atoms with Crippen molar-refractivity contribution < 1.29 is 14.7 Å². The van der Waals surface area contributed by atoms with E-state index in [1.807, 2.05) is 0 Å². The summed E-state index contributed by atoms with van der Waals surface area (Å²) >= 11 is 0. The van der Waals surface area contributed by atoms with Crippen LogP contribution < -0.4 is 11.1 Å². The zero-order chi connectivity index (χ0) is 13.2. The fourth-order valence-corrected chi connectivity index (χ4v) is 3.07. The molecule has 2 fully saturated rings. The molecule has 18 heavy (non-hydrogen) atoms. The van der Waals surface area contributed by atoms with Crippen molar-refractivity contribution in [2.45, 2.75) is 62.9 Å². The molecule has 1 amide bonds. The van der Waals surface area contributed by atoms with Gasteiger partial charge >= 0.3 is 5.97 Å². The third-order valence-electron chi connectivity index (χ3n) is 4.27. The second-order valence-electron chi connectivity index (χ2n) is 5.82. The summed E-state index contributed by atoms with van der Waals surface area (Å²) in [6, 6.07) is 0.117. The third kappa shape index (κ3) is 3.02. The molecule has 0 aromatic carbocycles. The summed E-state index contributed by atoms with van der Waals surface area (Å²) in [5.74, 6) is -0.860. The van der Waals surface area contributed by atoms with Gasteiger partial charge in [-0.3, -0.25) is 9.59 Å². The number of amides is 1. The van der Waals surface area contributed by atoms with Crippen molar-refractivity contribution in [1.29, 1.82) is 0 Å². The van der Waals surface area contributed by atoms with Gasteiger partial charge in [0.2, 0.25) is 5.91 Å². The van der Waals surface area contributed by atoms with E-state index < -0.39 is 11.5 Å². The lowest BCUT2D eigenvalue weighted by Gasteiger charge is -2.42. The van der Waals surface area contributed by atoms with Crippen LogP contribution in [-0.2, 0) is 9.59 Å². The average molecular weight is 254 g/mol. The number of carboxylic acids is 1. The summed E-state index contributed by atoms with van der Waals surface area (Å²) in [7, 11) is 0. The first kappa shape index (κ1) is 13.3. The molecule has 2 aliphatic carbocycles. The van der Waals surface area contributed by atoms with Gasteiger partial charge in [-0.1, -0.05) is 6.42 Å². The summed E-state index contributed by atoms with van der Waals surface area (Å²) < 4.78 is 0. The lowest BCUT2D eigenvalue weighted by atomic mass is 9.73. The highest BCUT2D eigenvalue weighted by Gasteiger charge is 2.41. The number of hydrogen-bond donors (Lipinski definition) is 3. The number of rotatable bonds is 4. The number of nitrogens with one attached hydrogen (secondary N) is 1. The molecule has 2 saturated carbocycles. The minimum absolute atomic E-state index is 0.00565. The summed E-state index contributed by atoms with van der Waals surface area (Å²) in [6.45, 7) is 0. The Balaban J connectivity index is 1.91. The van der Waals surface area contributed by atoms with Crippen molar-refractivity contribution in [3.8, 4) is 0 Å². The smallest absolute Gasteiger partial charge is 0.305 e. The zero-order valence-electron chi connectivity index (χ0n) is 10.7. The number of carbonyl (C=O) groups excluding carboxylic acids is 1. The van der Waals surface area contributed by atoms with Crippen LogP contribution in [0.4, 0.5) is 0 Å². The lowest BCUT2D eigenvalue weighted by Crippen LogP contribution is -2.56. The molecule has 0 aromatic rings. The van der Waals surface area contributed by atoms with E-state index >= 15 is 0 Å². The van der Waals surface area contributed by atoms with Crippen molar-refractivity contribution in [3.05, 3.63) is 0 Å². The van der Waals surface area contributed by atoms with Gasteiger partial charge in [0.1, 0.15) is 0 Å². The predicted octanol–water partition coefficient (Wildman–Crippen LogP) is 1.02. The second kappa shape index (κ2) is 5.26. The summed E-state index contributed by atoms with van der Waals surface area (Å²) in [6.07, 6.45) is 6.19. The second-order valence-corrected chi connectivity index (χ2v) is 5.82. The Morgan fingerprint density at radius 3 is 2.50 bits per heavy atom. The van der Waals surface area contributed by atoms with Crippen LogP contribution in [0.1, 0.15) is 51.4 Å². The van der Waals surface area contributed by atoms with Gasteiger partial charge in [-0.2, -0.15) is 0 Å². The van der Waals surface area contributed by atoms with Gasteiger partial charge in [-0.25, -0.2) is 0 Å². The van der Waals surface area contributed by atoms with E-state index in [9.17, 15) is 9.59 Å². The molecule has 5 heteroatoms. The first-order valence-corrected chi connectivity index (χ1v) is 6.80. The van der Waals surface area contributed by atoms with E-state index in [4.69, 9.17) is 10.8 Å². The van der Waals surface area contributed by atoms with Crippen molar-refractivity contribution >= 4 is 11.9 Å². The van der Waals surface area contributed by atoms with Crippen LogP contribution in [0.2, 0.25) is 0 Å². The molecule has 4 N–H and O–H groups in total. The molecule has 2 unspecified atom stereocenters. The topological polar surface area (TPSA) is 92.4 Å². The molecular weight excluding hydrogens is 232 g/mol. The van der Waals surface area contributed by atoms with Crippen LogP contribution in [0.5, 0.6) is 0 Å². The van der Waals surface area contributed by atoms with Crippen molar-refractivity contribution in [3.63, 3.8) is 0 Å². The normalized spacial score (nSPS) is 30.3. The van der Waals surface area contributed by atoms with Gasteiger partial charge in [0.15, 0.2) is 0 Å². The Kier molecular flexibility index (Phi) is 3.90. The highest BCUT2D eigenvalue weighted by molar-refractivity contribution is 5.81. The van der Waals surface area contributed by atoms with E-state index in [0.717, 1.165) is 44.9 Å². The minimum Gasteiger partial charge on any atom is -0.481 e. The van der Waals surface area contributed by atoms with Gasteiger partial charge < -0.3 is 16.2 Å². The number of aliphatic carboxylic acids is 1. The number of nitrogens with two attached hydrogens (primary N) is 1. The van der Waals surface area contributed by atoms with Crippen LogP contribution in [0, 0.1) is 5.92 Å². The zero-order valence-corrected chi connectivity index (χ0v) is 10.7. The monoisotopic (exact) mass is 254 g/mol. The number of hydrogen-bond acceptors (Lipinski definition) is 3.